The number of hydrogen-bond acceptors (Lipinski definition) is 7. The molecule has 31 heavy (non-hydrogen) atoms. The molecule has 1 aliphatic heterocycles. The Morgan fingerprint density at radius 3 is 2.52 bits per heavy atom. The lowest BCUT2D eigenvalue weighted by molar-refractivity contribution is -0.141. The standard InChI is InChI=1S/C20H22F3N5O2S/c1-13(2)16-12-27(15-5-4-14(11-24)17(10-15)31(3,29)30)8-9-28(16)19-25-7-6-18(26-19)20(21,22)23/h4-7,10,13,16H,8-9,12H2,1-3H3/t16-/m0/s1. The fraction of sp³-hybridized carbons (Fsp3) is 0.450. The van der Waals surface area contributed by atoms with Crippen LogP contribution in [0, 0.1) is 17.2 Å². The second-order valence-electron chi connectivity index (χ2n) is 7.75. The molecule has 0 unspecified atom stereocenters. The number of anilines is 2. The number of halogens is 3. The van der Waals surface area contributed by atoms with Gasteiger partial charge in [0, 0.05) is 37.8 Å². The van der Waals surface area contributed by atoms with E-state index in [1.165, 1.54) is 12.1 Å². The number of nitriles is 1. The predicted molar refractivity (Wildman–Crippen MR) is 109 cm³/mol. The Morgan fingerprint density at radius 1 is 1.23 bits per heavy atom. The van der Waals surface area contributed by atoms with Crippen LogP contribution in [0.3, 0.4) is 0 Å². The number of rotatable bonds is 4. The molecule has 11 heteroatoms. The molecular formula is C20H22F3N5O2S. The first kappa shape index (κ1) is 22.8. The van der Waals surface area contributed by atoms with Crippen LogP contribution in [-0.4, -0.2) is 50.3 Å². The van der Waals surface area contributed by atoms with E-state index in [9.17, 15) is 26.9 Å². The topological polar surface area (TPSA) is 90.2 Å². The van der Waals surface area contributed by atoms with Crippen LogP contribution >= 0.6 is 0 Å². The molecule has 0 spiro atoms. The zero-order valence-corrected chi connectivity index (χ0v) is 18.1. The van der Waals surface area contributed by atoms with Gasteiger partial charge in [0.1, 0.15) is 11.8 Å². The molecule has 2 aromatic rings. The van der Waals surface area contributed by atoms with Crippen molar-refractivity contribution >= 4 is 21.5 Å². The molecule has 1 saturated heterocycles. The van der Waals surface area contributed by atoms with Crippen molar-refractivity contribution in [2.24, 2.45) is 5.92 Å². The summed E-state index contributed by atoms with van der Waals surface area (Å²) in [6.07, 6.45) is -2.40. The minimum Gasteiger partial charge on any atom is -0.368 e. The molecule has 2 heterocycles. The van der Waals surface area contributed by atoms with Crippen LogP contribution in [0.2, 0.25) is 0 Å². The Morgan fingerprint density at radius 2 is 1.94 bits per heavy atom. The van der Waals surface area contributed by atoms with Gasteiger partial charge in [-0.05, 0) is 30.2 Å². The zero-order valence-electron chi connectivity index (χ0n) is 17.3. The monoisotopic (exact) mass is 453 g/mol. The third-order valence-corrected chi connectivity index (χ3v) is 6.37. The molecule has 1 aliphatic rings. The lowest BCUT2D eigenvalue weighted by Crippen LogP contribution is -2.56. The highest BCUT2D eigenvalue weighted by molar-refractivity contribution is 7.90. The summed E-state index contributed by atoms with van der Waals surface area (Å²) in [5.74, 6) is 0.0820. The van der Waals surface area contributed by atoms with E-state index in [0.29, 0.717) is 25.3 Å². The lowest BCUT2D eigenvalue weighted by atomic mass is 9.99. The minimum atomic E-state index is -4.56. The Kier molecular flexibility index (Phi) is 6.14. The highest BCUT2D eigenvalue weighted by Gasteiger charge is 2.36. The summed E-state index contributed by atoms with van der Waals surface area (Å²) in [5, 5.41) is 9.21. The van der Waals surface area contributed by atoms with Crippen molar-refractivity contribution in [2.75, 3.05) is 35.7 Å². The van der Waals surface area contributed by atoms with Crippen molar-refractivity contribution < 1.29 is 21.6 Å². The molecule has 1 aromatic carbocycles. The van der Waals surface area contributed by atoms with Crippen molar-refractivity contribution in [3.05, 3.63) is 41.7 Å². The van der Waals surface area contributed by atoms with Gasteiger partial charge < -0.3 is 9.80 Å². The van der Waals surface area contributed by atoms with Crippen LogP contribution in [0.15, 0.2) is 35.4 Å². The van der Waals surface area contributed by atoms with E-state index < -0.39 is 21.7 Å². The molecule has 0 aliphatic carbocycles. The molecule has 1 atom stereocenters. The lowest BCUT2D eigenvalue weighted by Gasteiger charge is -2.44. The molecule has 1 fully saturated rings. The molecule has 1 aromatic heterocycles. The fourth-order valence-corrected chi connectivity index (χ4v) is 4.46. The molecule has 0 bridgehead atoms. The van der Waals surface area contributed by atoms with E-state index >= 15 is 0 Å². The van der Waals surface area contributed by atoms with Gasteiger partial charge in [0.05, 0.1) is 16.5 Å². The maximum absolute atomic E-state index is 13.1. The summed E-state index contributed by atoms with van der Waals surface area (Å²) >= 11 is 0. The smallest absolute Gasteiger partial charge is 0.368 e. The van der Waals surface area contributed by atoms with E-state index in [2.05, 4.69) is 9.97 Å². The maximum atomic E-state index is 13.1. The Bertz CT molecular complexity index is 1110. The van der Waals surface area contributed by atoms with Crippen molar-refractivity contribution in [3.8, 4) is 6.07 Å². The summed E-state index contributed by atoms with van der Waals surface area (Å²) in [7, 11) is -3.60. The molecule has 0 saturated carbocycles. The molecule has 0 radical (unpaired) electrons. The van der Waals surface area contributed by atoms with E-state index in [0.717, 1.165) is 18.5 Å². The van der Waals surface area contributed by atoms with Gasteiger partial charge in [0.2, 0.25) is 5.95 Å². The van der Waals surface area contributed by atoms with Gasteiger partial charge in [-0.2, -0.15) is 18.4 Å². The summed E-state index contributed by atoms with van der Waals surface area (Å²) < 4.78 is 63.4. The first-order valence-electron chi connectivity index (χ1n) is 9.58. The van der Waals surface area contributed by atoms with Crippen LogP contribution in [0.25, 0.3) is 0 Å². The number of alkyl halides is 3. The largest absolute Gasteiger partial charge is 0.433 e. The molecular weight excluding hydrogens is 431 g/mol. The maximum Gasteiger partial charge on any atom is 0.433 e. The van der Waals surface area contributed by atoms with Crippen LogP contribution in [-0.2, 0) is 16.0 Å². The van der Waals surface area contributed by atoms with Gasteiger partial charge in [-0.15, -0.1) is 0 Å². The van der Waals surface area contributed by atoms with Crippen LogP contribution in [0.5, 0.6) is 0 Å². The van der Waals surface area contributed by atoms with Gasteiger partial charge in [-0.3, -0.25) is 0 Å². The summed E-state index contributed by atoms with van der Waals surface area (Å²) in [6.45, 7) is 5.13. The number of nitrogens with zero attached hydrogens (tertiary/aromatic N) is 5. The van der Waals surface area contributed by atoms with Gasteiger partial charge in [-0.1, -0.05) is 13.8 Å². The van der Waals surface area contributed by atoms with Crippen molar-refractivity contribution in [2.45, 2.75) is 31.0 Å². The van der Waals surface area contributed by atoms with Crippen LogP contribution < -0.4 is 9.80 Å². The summed E-state index contributed by atoms with van der Waals surface area (Å²) in [6, 6.07) is 7.16. The highest BCUT2D eigenvalue weighted by Crippen LogP contribution is 2.31. The van der Waals surface area contributed by atoms with Gasteiger partial charge in [0.25, 0.3) is 0 Å². The number of aromatic nitrogens is 2. The Labute approximate surface area is 179 Å². The quantitative estimate of drug-likeness (QED) is 0.703. The zero-order chi connectivity index (χ0) is 23.0. The average Bonchev–Trinajstić information content (AvgIpc) is 2.71. The van der Waals surface area contributed by atoms with Crippen molar-refractivity contribution in [1.82, 2.24) is 9.97 Å². The molecule has 166 valence electrons. The third-order valence-electron chi connectivity index (χ3n) is 5.23. The van der Waals surface area contributed by atoms with Crippen LogP contribution in [0.4, 0.5) is 24.8 Å². The second-order valence-corrected chi connectivity index (χ2v) is 9.74. The van der Waals surface area contributed by atoms with Crippen LogP contribution in [0.1, 0.15) is 25.1 Å². The number of sulfone groups is 1. The van der Waals surface area contributed by atoms with E-state index in [1.807, 2.05) is 24.8 Å². The fourth-order valence-electron chi connectivity index (χ4n) is 3.61. The minimum absolute atomic E-state index is 0.0184. The van der Waals surface area contributed by atoms with Gasteiger partial charge >= 0.3 is 6.18 Å². The normalized spacial score (nSPS) is 17.7. The van der Waals surface area contributed by atoms with Crippen molar-refractivity contribution in [3.63, 3.8) is 0 Å². The third kappa shape index (κ3) is 4.90. The second kappa shape index (κ2) is 8.34. The van der Waals surface area contributed by atoms with E-state index in [4.69, 9.17) is 0 Å². The van der Waals surface area contributed by atoms with Gasteiger partial charge in [0.15, 0.2) is 9.84 Å². The van der Waals surface area contributed by atoms with Crippen molar-refractivity contribution in [1.29, 1.82) is 5.26 Å². The number of piperazine rings is 1. The Balaban J connectivity index is 1.92. The summed E-state index contributed by atoms with van der Waals surface area (Å²) in [5.41, 5.74) is -0.287. The molecule has 7 nitrogen and oxygen atoms in total. The molecule has 0 N–H and O–H groups in total. The average molecular weight is 453 g/mol. The van der Waals surface area contributed by atoms with E-state index in [1.54, 1.807) is 11.0 Å². The Hall–Kier alpha value is -2.87. The summed E-state index contributed by atoms with van der Waals surface area (Å²) in [4.78, 5) is 11.5. The molecule has 3 rings (SSSR count). The van der Waals surface area contributed by atoms with Gasteiger partial charge in [-0.25, -0.2) is 18.4 Å². The predicted octanol–water partition coefficient (Wildman–Crippen LogP) is 3.12. The number of hydrogen-bond donors (Lipinski definition) is 0. The SMILES string of the molecule is CC(C)[C@@H]1CN(c2ccc(C#N)c(S(C)(=O)=O)c2)CCN1c1nccc(C(F)(F)F)n1. The van der Waals surface area contributed by atoms with E-state index in [-0.39, 0.29) is 28.4 Å². The number of benzene rings is 1. The first-order chi connectivity index (χ1) is 14.4. The highest BCUT2D eigenvalue weighted by atomic mass is 32.2. The first-order valence-corrected chi connectivity index (χ1v) is 11.5. The molecule has 0 amide bonds.